The first kappa shape index (κ1) is 15.0. The standard InChI is InChI=1S/C12H20BrN3O2S/c1-8(2)16-12(9(13)7-15-16)11(14)10-5-3-4-6-19(10,17)18/h7-8,10-11H,3-6,14H2,1-2H3. The fraction of sp³-hybridized carbons (Fsp3) is 0.750. The van der Waals surface area contributed by atoms with Crippen molar-refractivity contribution in [2.75, 3.05) is 5.75 Å². The first-order valence-corrected chi connectivity index (χ1v) is 9.05. The summed E-state index contributed by atoms with van der Waals surface area (Å²) in [7, 11) is -3.09. The van der Waals surface area contributed by atoms with Crippen molar-refractivity contribution in [3.05, 3.63) is 16.4 Å². The third kappa shape index (κ3) is 2.87. The number of halogens is 1. The van der Waals surface area contributed by atoms with Crippen molar-refractivity contribution in [2.45, 2.75) is 50.4 Å². The van der Waals surface area contributed by atoms with Crippen LogP contribution in [0.2, 0.25) is 0 Å². The Labute approximate surface area is 122 Å². The maximum absolute atomic E-state index is 12.2. The number of rotatable bonds is 3. The smallest absolute Gasteiger partial charge is 0.155 e. The summed E-state index contributed by atoms with van der Waals surface area (Å²) in [6.45, 7) is 4.01. The number of nitrogens with two attached hydrogens (primary N) is 1. The molecule has 0 saturated carbocycles. The lowest BCUT2D eigenvalue weighted by Gasteiger charge is -2.28. The highest BCUT2D eigenvalue weighted by Crippen LogP contribution is 2.33. The van der Waals surface area contributed by atoms with Gasteiger partial charge in [0.2, 0.25) is 0 Å². The van der Waals surface area contributed by atoms with Crippen molar-refractivity contribution < 1.29 is 8.42 Å². The summed E-state index contributed by atoms with van der Waals surface area (Å²) in [5.41, 5.74) is 7.04. The molecule has 2 heterocycles. The molecule has 1 aliphatic heterocycles. The summed E-state index contributed by atoms with van der Waals surface area (Å²) in [5.74, 6) is 0.249. The van der Waals surface area contributed by atoms with E-state index in [0.29, 0.717) is 6.42 Å². The number of aromatic nitrogens is 2. The van der Waals surface area contributed by atoms with E-state index in [-0.39, 0.29) is 11.8 Å². The van der Waals surface area contributed by atoms with E-state index < -0.39 is 21.1 Å². The molecule has 0 amide bonds. The Balaban J connectivity index is 2.39. The van der Waals surface area contributed by atoms with Gasteiger partial charge in [-0.1, -0.05) is 6.42 Å². The van der Waals surface area contributed by atoms with E-state index in [9.17, 15) is 8.42 Å². The average molecular weight is 350 g/mol. The minimum Gasteiger partial charge on any atom is -0.322 e. The largest absolute Gasteiger partial charge is 0.322 e. The van der Waals surface area contributed by atoms with E-state index in [2.05, 4.69) is 21.0 Å². The van der Waals surface area contributed by atoms with Crippen LogP contribution in [0.5, 0.6) is 0 Å². The van der Waals surface area contributed by atoms with Crippen LogP contribution >= 0.6 is 15.9 Å². The van der Waals surface area contributed by atoms with Gasteiger partial charge in [-0.25, -0.2) is 8.42 Å². The fourth-order valence-corrected chi connectivity index (χ4v) is 5.18. The maximum atomic E-state index is 12.2. The van der Waals surface area contributed by atoms with Gasteiger partial charge in [-0.15, -0.1) is 0 Å². The van der Waals surface area contributed by atoms with Crippen molar-refractivity contribution in [3.63, 3.8) is 0 Å². The van der Waals surface area contributed by atoms with Gasteiger partial charge in [0.25, 0.3) is 0 Å². The Morgan fingerprint density at radius 2 is 2.16 bits per heavy atom. The lowest BCUT2D eigenvalue weighted by Crippen LogP contribution is -2.39. The Hall–Kier alpha value is -0.400. The van der Waals surface area contributed by atoms with Crippen molar-refractivity contribution in [3.8, 4) is 0 Å². The zero-order valence-electron chi connectivity index (χ0n) is 11.2. The molecule has 2 unspecified atom stereocenters. The number of sulfone groups is 1. The minimum absolute atomic E-state index is 0.152. The SMILES string of the molecule is CC(C)n1ncc(Br)c1C(N)C1CCCCS1(=O)=O. The van der Waals surface area contributed by atoms with Gasteiger partial charge in [0.15, 0.2) is 9.84 Å². The van der Waals surface area contributed by atoms with E-state index in [4.69, 9.17) is 5.73 Å². The highest BCUT2D eigenvalue weighted by atomic mass is 79.9. The molecular formula is C12H20BrN3O2S. The molecule has 5 nitrogen and oxygen atoms in total. The Bertz CT molecular complexity index is 553. The summed E-state index contributed by atoms with van der Waals surface area (Å²) >= 11 is 3.43. The van der Waals surface area contributed by atoms with Crippen LogP contribution in [-0.2, 0) is 9.84 Å². The third-order valence-electron chi connectivity index (χ3n) is 3.62. The summed E-state index contributed by atoms with van der Waals surface area (Å²) < 4.78 is 27.0. The molecular weight excluding hydrogens is 330 g/mol. The van der Waals surface area contributed by atoms with Crippen LogP contribution in [0.3, 0.4) is 0 Å². The molecule has 0 spiro atoms. The van der Waals surface area contributed by atoms with Crippen LogP contribution in [0.1, 0.15) is 50.9 Å². The quantitative estimate of drug-likeness (QED) is 0.907. The van der Waals surface area contributed by atoms with Crippen LogP contribution < -0.4 is 5.73 Å². The topological polar surface area (TPSA) is 78.0 Å². The number of nitrogens with zero attached hydrogens (tertiary/aromatic N) is 2. The molecule has 1 aliphatic rings. The second kappa shape index (κ2) is 5.54. The normalized spacial score (nSPS) is 24.6. The van der Waals surface area contributed by atoms with Crippen LogP contribution in [0.4, 0.5) is 0 Å². The van der Waals surface area contributed by atoms with Crippen LogP contribution in [0.25, 0.3) is 0 Å². The van der Waals surface area contributed by atoms with Gasteiger partial charge in [0.05, 0.1) is 33.4 Å². The van der Waals surface area contributed by atoms with Gasteiger partial charge in [0.1, 0.15) is 0 Å². The molecule has 0 radical (unpaired) electrons. The highest BCUT2D eigenvalue weighted by Gasteiger charge is 2.37. The summed E-state index contributed by atoms with van der Waals surface area (Å²) in [4.78, 5) is 0. The summed E-state index contributed by atoms with van der Waals surface area (Å²) in [6, 6.07) is -0.372. The molecule has 0 aliphatic carbocycles. The number of hydrogen-bond donors (Lipinski definition) is 1. The van der Waals surface area contributed by atoms with Gasteiger partial charge in [0, 0.05) is 6.04 Å². The molecule has 0 aromatic carbocycles. The van der Waals surface area contributed by atoms with E-state index >= 15 is 0 Å². The Morgan fingerprint density at radius 1 is 1.47 bits per heavy atom. The lowest BCUT2D eigenvalue weighted by molar-refractivity contribution is 0.452. The second-order valence-electron chi connectivity index (χ2n) is 5.34. The molecule has 7 heteroatoms. The molecule has 1 saturated heterocycles. The highest BCUT2D eigenvalue weighted by molar-refractivity contribution is 9.10. The van der Waals surface area contributed by atoms with E-state index in [1.54, 1.807) is 10.9 Å². The summed E-state index contributed by atoms with van der Waals surface area (Å²) in [6.07, 6.45) is 3.99. The van der Waals surface area contributed by atoms with Crippen molar-refractivity contribution in [1.29, 1.82) is 0 Å². The monoisotopic (exact) mass is 349 g/mol. The molecule has 1 fully saturated rings. The molecule has 19 heavy (non-hydrogen) atoms. The van der Waals surface area contributed by atoms with Gasteiger partial charge in [-0.3, -0.25) is 4.68 Å². The van der Waals surface area contributed by atoms with Crippen molar-refractivity contribution in [2.24, 2.45) is 5.73 Å². The molecule has 2 atom stereocenters. The van der Waals surface area contributed by atoms with Gasteiger partial charge >= 0.3 is 0 Å². The first-order chi connectivity index (χ1) is 8.84. The first-order valence-electron chi connectivity index (χ1n) is 6.54. The minimum atomic E-state index is -3.09. The van der Waals surface area contributed by atoms with Crippen LogP contribution in [0, 0.1) is 0 Å². The van der Waals surface area contributed by atoms with Gasteiger partial charge in [-0.05, 0) is 42.6 Å². The van der Waals surface area contributed by atoms with Crippen LogP contribution in [-0.4, -0.2) is 29.2 Å². The van der Waals surface area contributed by atoms with Crippen molar-refractivity contribution in [1.82, 2.24) is 9.78 Å². The molecule has 1 aromatic rings. The third-order valence-corrected chi connectivity index (χ3v) is 6.54. The number of hydrogen-bond acceptors (Lipinski definition) is 4. The maximum Gasteiger partial charge on any atom is 0.155 e. The van der Waals surface area contributed by atoms with Crippen LogP contribution in [0.15, 0.2) is 10.7 Å². The van der Waals surface area contributed by atoms with Crippen molar-refractivity contribution >= 4 is 25.8 Å². The predicted molar refractivity (Wildman–Crippen MR) is 78.7 cm³/mol. The zero-order chi connectivity index (χ0) is 14.2. The van der Waals surface area contributed by atoms with E-state index in [0.717, 1.165) is 23.0 Å². The average Bonchev–Trinajstić information content (AvgIpc) is 2.70. The molecule has 0 bridgehead atoms. The second-order valence-corrected chi connectivity index (χ2v) is 8.54. The van der Waals surface area contributed by atoms with E-state index in [1.165, 1.54) is 0 Å². The zero-order valence-corrected chi connectivity index (χ0v) is 13.6. The molecule has 2 rings (SSSR count). The molecule has 2 N–H and O–H groups in total. The molecule has 1 aromatic heterocycles. The van der Waals surface area contributed by atoms with E-state index in [1.807, 2.05) is 13.8 Å². The predicted octanol–water partition coefficient (Wildman–Crippen LogP) is 2.19. The lowest BCUT2D eigenvalue weighted by atomic mass is 10.0. The van der Waals surface area contributed by atoms with Gasteiger partial charge < -0.3 is 5.73 Å². The Morgan fingerprint density at radius 3 is 2.74 bits per heavy atom. The van der Waals surface area contributed by atoms with Gasteiger partial charge in [-0.2, -0.15) is 5.10 Å². The molecule has 108 valence electrons. The fourth-order valence-electron chi connectivity index (χ4n) is 2.63. The Kier molecular flexibility index (Phi) is 4.37. The summed E-state index contributed by atoms with van der Waals surface area (Å²) in [5, 5.41) is 3.78.